The van der Waals surface area contributed by atoms with Gasteiger partial charge in [0.1, 0.15) is 5.75 Å². The standard InChI is InChI=1S/C36H48N4O5/c1-26-22-40(27(2)25-41)36(43)32-21-31(38-35(42)20-29-11-6-5-7-12-29)13-14-33(32)45-28(3)10-8-9-19-44-34(26)24-39(4)23-30-15-17-37-18-16-30/h5-7,11-18,21,26-28,34,41H,8-10,19-20,22-25H2,1-4H3,(H,38,42)/t26-,27+,28+,34-/m1/s1. The Kier molecular flexibility index (Phi) is 12.9. The Morgan fingerprint density at radius 3 is 2.58 bits per heavy atom. The maximum atomic E-state index is 14.3. The van der Waals surface area contributed by atoms with Gasteiger partial charge in [0.25, 0.3) is 5.91 Å². The Hall–Kier alpha value is -3.79. The van der Waals surface area contributed by atoms with Gasteiger partial charge < -0.3 is 24.8 Å². The number of carbonyl (C=O) groups is 2. The summed E-state index contributed by atoms with van der Waals surface area (Å²) >= 11 is 0. The Balaban J connectivity index is 1.59. The van der Waals surface area contributed by atoms with Crippen LogP contribution in [0.3, 0.4) is 0 Å². The van der Waals surface area contributed by atoms with Crippen LogP contribution >= 0.6 is 0 Å². The third-order valence-electron chi connectivity index (χ3n) is 8.24. The normalized spacial score (nSPS) is 20.5. The number of nitrogens with zero attached hydrogens (tertiary/aromatic N) is 3. The second-order valence-electron chi connectivity index (χ2n) is 12.3. The molecule has 0 bridgehead atoms. The lowest BCUT2D eigenvalue weighted by molar-refractivity contribution is -0.115. The lowest BCUT2D eigenvalue weighted by atomic mass is 10.0. The van der Waals surface area contributed by atoms with Gasteiger partial charge in [-0.25, -0.2) is 0 Å². The molecule has 0 unspecified atom stereocenters. The fourth-order valence-corrected chi connectivity index (χ4v) is 5.62. The van der Waals surface area contributed by atoms with Crippen molar-refractivity contribution in [3.8, 4) is 5.75 Å². The molecule has 2 aromatic carbocycles. The summed E-state index contributed by atoms with van der Waals surface area (Å²) in [4.78, 5) is 35.3. The lowest BCUT2D eigenvalue weighted by Gasteiger charge is -2.36. The number of hydrogen-bond acceptors (Lipinski definition) is 7. The van der Waals surface area contributed by atoms with Crippen molar-refractivity contribution < 1.29 is 24.2 Å². The molecule has 0 saturated carbocycles. The van der Waals surface area contributed by atoms with Crippen molar-refractivity contribution in [3.63, 3.8) is 0 Å². The van der Waals surface area contributed by atoms with E-state index in [9.17, 15) is 14.7 Å². The first-order valence-electron chi connectivity index (χ1n) is 16.0. The monoisotopic (exact) mass is 616 g/mol. The molecule has 0 fully saturated rings. The van der Waals surface area contributed by atoms with Gasteiger partial charge in [0, 0.05) is 50.2 Å². The van der Waals surface area contributed by atoms with Crippen molar-refractivity contribution in [3.05, 3.63) is 89.7 Å². The average Bonchev–Trinajstić information content (AvgIpc) is 3.03. The van der Waals surface area contributed by atoms with E-state index in [1.54, 1.807) is 35.5 Å². The number of pyridine rings is 1. The number of rotatable bonds is 9. The summed E-state index contributed by atoms with van der Waals surface area (Å²) in [7, 11) is 2.07. The SMILES string of the molecule is C[C@@H]1CN([C@@H](C)CO)C(=O)c2cc(NC(=O)Cc3ccccc3)ccc2O[C@@H](C)CCCCO[C@@H]1CN(C)Cc1ccncc1. The zero-order valence-corrected chi connectivity index (χ0v) is 27.0. The highest BCUT2D eigenvalue weighted by atomic mass is 16.5. The number of likely N-dealkylation sites (N-methyl/N-ethyl adjacent to an activating group) is 1. The fourth-order valence-electron chi connectivity index (χ4n) is 5.62. The molecule has 4 rings (SSSR count). The number of fused-ring (bicyclic) bond motifs is 1. The van der Waals surface area contributed by atoms with Gasteiger partial charge in [-0.05, 0) is 81.6 Å². The summed E-state index contributed by atoms with van der Waals surface area (Å²) in [5.74, 6) is 0.0145. The van der Waals surface area contributed by atoms with E-state index in [4.69, 9.17) is 9.47 Å². The first-order chi connectivity index (χ1) is 21.7. The van der Waals surface area contributed by atoms with Gasteiger partial charge in [-0.15, -0.1) is 0 Å². The number of ether oxygens (including phenoxy) is 2. The highest BCUT2D eigenvalue weighted by Gasteiger charge is 2.30. The molecule has 9 heteroatoms. The summed E-state index contributed by atoms with van der Waals surface area (Å²) in [5, 5.41) is 13.2. The molecule has 1 aliphatic rings. The number of aliphatic hydroxyl groups excluding tert-OH is 1. The molecule has 3 aromatic rings. The van der Waals surface area contributed by atoms with Crippen molar-refractivity contribution in [2.75, 3.05) is 38.7 Å². The highest BCUT2D eigenvalue weighted by Crippen LogP contribution is 2.28. The minimum atomic E-state index is -0.440. The van der Waals surface area contributed by atoms with Crippen molar-refractivity contribution in [1.82, 2.24) is 14.8 Å². The number of carbonyl (C=O) groups excluding carboxylic acids is 2. The smallest absolute Gasteiger partial charge is 0.258 e. The van der Waals surface area contributed by atoms with Crippen LogP contribution in [0.2, 0.25) is 0 Å². The molecule has 9 nitrogen and oxygen atoms in total. The van der Waals surface area contributed by atoms with Crippen molar-refractivity contribution >= 4 is 17.5 Å². The van der Waals surface area contributed by atoms with E-state index in [-0.39, 0.29) is 43.0 Å². The molecule has 2 N–H and O–H groups in total. The van der Waals surface area contributed by atoms with Gasteiger partial charge in [0.15, 0.2) is 0 Å². The number of nitrogens with one attached hydrogen (secondary N) is 1. The Morgan fingerprint density at radius 2 is 1.84 bits per heavy atom. The maximum Gasteiger partial charge on any atom is 0.258 e. The zero-order valence-electron chi connectivity index (χ0n) is 27.0. The van der Waals surface area contributed by atoms with Crippen LogP contribution < -0.4 is 10.1 Å². The van der Waals surface area contributed by atoms with Crippen LogP contribution in [0.4, 0.5) is 5.69 Å². The van der Waals surface area contributed by atoms with Crippen LogP contribution in [0.25, 0.3) is 0 Å². The van der Waals surface area contributed by atoms with Crippen LogP contribution in [0.5, 0.6) is 5.75 Å². The predicted octanol–water partition coefficient (Wildman–Crippen LogP) is 5.19. The molecule has 2 heterocycles. The number of aliphatic hydroxyl groups is 1. The maximum absolute atomic E-state index is 14.3. The van der Waals surface area contributed by atoms with Crippen LogP contribution in [-0.4, -0.2) is 83.3 Å². The van der Waals surface area contributed by atoms with Crippen molar-refractivity contribution in [2.24, 2.45) is 5.92 Å². The fraction of sp³-hybridized carbons (Fsp3) is 0.472. The van der Waals surface area contributed by atoms with Crippen LogP contribution in [-0.2, 0) is 22.5 Å². The van der Waals surface area contributed by atoms with E-state index in [0.717, 1.165) is 31.4 Å². The third-order valence-corrected chi connectivity index (χ3v) is 8.24. The van der Waals surface area contributed by atoms with Gasteiger partial charge in [-0.1, -0.05) is 37.3 Å². The Bertz CT molecular complexity index is 1360. The van der Waals surface area contributed by atoms with Crippen LogP contribution in [0, 0.1) is 5.92 Å². The molecule has 0 saturated heterocycles. The number of benzene rings is 2. The van der Waals surface area contributed by atoms with E-state index in [1.807, 2.05) is 56.3 Å². The summed E-state index contributed by atoms with van der Waals surface area (Å²) in [6.45, 7) is 8.20. The molecule has 4 atom stereocenters. The van der Waals surface area contributed by atoms with E-state index in [2.05, 4.69) is 29.2 Å². The second-order valence-corrected chi connectivity index (χ2v) is 12.3. The third kappa shape index (κ3) is 10.4. The van der Waals surface area contributed by atoms with Crippen LogP contribution in [0.1, 0.15) is 61.5 Å². The average molecular weight is 617 g/mol. The number of aromatic nitrogens is 1. The van der Waals surface area contributed by atoms with Crippen molar-refractivity contribution in [2.45, 2.75) is 71.2 Å². The highest BCUT2D eigenvalue weighted by molar-refractivity contribution is 6.00. The van der Waals surface area contributed by atoms with Gasteiger partial charge >= 0.3 is 0 Å². The predicted molar refractivity (Wildman–Crippen MR) is 176 cm³/mol. The lowest BCUT2D eigenvalue weighted by Crippen LogP contribution is -2.47. The largest absolute Gasteiger partial charge is 0.490 e. The molecular weight excluding hydrogens is 568 g/mol. The topological polar surface area (TPSA) is 104 Å². The number of anilines is 1. The summed E-state index contributed by atoms with van der Waals surface area (Å²) in [6, 6.07) is 18.3. The summed E-state index contributed by atoms with van der Waals surface area (Å²) in [6.07, 6.45) is 6.21. The summed E-state index contributed by atoms with van der Waals surface area (Å²) < 4.78 is 12.8. The molecular formula is C36H48N4O5. The van der Waals surface area contributed by atoms with E-state index >= 15 is 0 Å². The quantitative estimate of drug-likeness (QED) is 0.341. The Labute approximate surface area is 267 Å². The second kappa shape index (κ2) is 17.1. The van der Waals surface area contributed by atoms with Crippen molar-refractivity contribution in [1.29, 1.82) is 0 Å². The molecule has 242 valence electrons. The zero-order chi connectivity index (χ0) is 32.2. The number of hydrogen-bond donors (Lipinski definition) is 2. The molecule has 1 aromatic heterocycles. The van der Waals surface area contributed by atoms with E-state index in [1.165, 1.54) is 5.56 Å². The molecule has 1 aliphatic heterocycles. The first kappa shape index (κ1) is 34.1. The van der Waals surface area contributed by atoms with E-state index in [0.29, 0.717) is 36.7 Å². The molecule has 0 spiro atoms. The van der Waals surface area contributed by atoms with Gasteiger partial charge in [0.2, 0.25) is 5.91 Å². The Morgan fingerprint density at radius 1 is 1.09 bits per heavy atom. The molecule has 45 heavy (non-hydrogen) atoms. The van der Waals surface area contributed by atoms with Gasteiger partial charge in [0.05, 0.1) is 36.8 Å². The van der Waals surface area contributed by atoms with Gasteiger partial charge in [-0.3, -0.25) is 19.5 Å². The first-order valence-corrected chi connectivity index (χ1v) is 16.0. The van der Waals surface area contributed by atoms with E-state index < -0.39 is 6.04 Å². The molecule has 0 radical (unpaired) electrons. The summed E-state index contributed by atoms with van der Waals surface area (Å²) in [5.41, 5.74) is 2.95. The number of amides is 2. The van der Waals surface area contributed by atoms with Gasteiger partial charge in [-0.2, -0.15) is 0 Å². The molecule has 2 amide bonds. The minimum Gasteiger partial charge on any atom is -0.490 e. The van der Waals surface area contributed by atoms with Crippen LogP contribution in [0.15, 0.2) is 73.1 Å². The molecule has 0 aliphatic carbocycles. The minimum absolute atomic E-state index is 0.0252.